The zero-order valence-corrected chi connectivity index (χ0v) is 15.2. The van der Waals surface area contributed by atoms with Crippen LogP contribution in [-0.4, -0.2) is 85.4 Å². The zero-order chi connectivity index (χ0) is 17.9. The van der Waals surface area contributed by atoms with Crippen molar-refractivity contribution in [2.45, 2.75) is 27.2 Å². The Morgan fingerprint density at radius 3 is 2.33 bits per heavy atom. The molecule has 1 spiro atoms. The van der Waals surface area contributed by atoms with Crippen molar-refractivity contribution in [2.24, 2.45) is 11.3 Å². The number of ether oxygens (including phenoxy) is 1. The van der Waals surface area contributed by atoms with Crippen LogP contribution in [0, 0.1) is 11.3 Å². The summed E-state index contributed by atoms with van der Waals surface area (Å²) in [6.45, 7) is 9.03. The minimum absolute atomic E-state index is 0.0274. The molecule has 3 amide bonds. The van der Waals surface area contributed by atoms with Gasteiger partial charge in [-0.25, -0.2) is 0 Å². The SMILES string of the molecule is CCN1C[C@]2(CC1=O)CN(C(=O)COC)CCN(C(=O)C(C)C)C2. The lowest BCUT2D eigenvalue weighted by molar-refractivity contribution is -0.137. The minimum atomic E-state index is -0.377. The van der Waals surface area contributed by atoms with E-state index in [0.717, 1.165) is 0 Å². The molecule has 0 N–H and O–H groups in total. The van der Waals surface area contributed by atoms with Gasteiger partial charge < -0.3 is 19.4 Å². The average Bonchev–Trinajstić information content (AvgIpc) is 2.72. The van der Waals surface area contributed by atoms with E-state index >= 15 is 0 Å². The molecule has 2 heterocycles. The molecule has 2 aliphatic rings. The van der Waals surface area contributed by atoms with Crippen molar-refractivity contribution in [3.05, 3.63) is 0 Å². The number of carbonyl (C=O) groups is 3. The quantitative estimate of drug-likeness (QED) is 0.734. The minimum Gasteiger partial charge on any atom is -0.375 e. The molecular weight excluding hydrogens is 310 g/mol. The van der Waals surface area contributed by atoms with Gasteiger partial charge in [-0.1, -0.05) is 13.8 Å². The summed E-state index contributed by atoms with van der Waals surface area (Å²) in [6, 6.07) is 0. The van der Waals surface area contributed by atoms with Crippen LogP contribution >= 0.6 is 0 Å². The van der Waals surface area contributed by atoms with Crippen molar-refractivity contribution >= 4 is 17.7 Å². The van der Waals surface area contributed by atoms with Crippen LogP contribution < -0.4 is 0 Å². The van der Waals surface area contributed by atoms with Crippen LogP contribution in [0.4, 0.5) is 0 Å². The van der Waals surface area contributed by atoms with Crippen molar-refractivity contribution in [1.29, 1.82) is 0 Å². The lowest BCUT2D eigenvalue weighted by Crippen LogP contribution is -2.46. The Labute approximate surface area is 143 Å². The highest BCUT2D eigenvalue weighted by molar-refractivity contribution is 5.82. The summed E-state index contributed by atoms with van der Waals surface area (Å²) in [4.78, 5) is 42.6. The number of hydrogen-bond donors (Lipinski definition) is 0. The molecule has 24 heavy (non-hydrogen) atoms. The fourth-order valence-corrected chi connectivity index (χ4v) is 3.72. The maximum absolute atomic E-state index is 12.5. The maximum atomic E-state index is 12.5. The largest absolute Gasteiger partial charge is 0.375 e. The van der Waals surface area contributed by atoms with Crippen LogP contribution in [0.5, 0.6) is 0 Å². The monoisotopic (exact) mass is 339 g/mol. The molecule has 7 heteroatoms. The number of rotatable bonds is 4. The summed E-state index contributed by atoms with van der Waals surface area (Å²) >= 11 is 0. The summed E-state index contributed by atoms with van der Waals surface area (Å²) < 4.78 is 4.98. The third kappa shape index (κ3) is 3.88. The van der Waals surface area contributed by atoms with E-state index in [1.807, 2.05) is 30.6 Å². The van der Waals surface area contributed by atoms with Gasteiger partial charge in [0.05, 0.1) is 0 Å². The number of amides is 3. The predicted octanol–water partition coefficient (Wildman–Crippen LogP) is 0.198. The molecule has 0 aromatic heterocycles. The van der Waals surface area contributed by atoms with Gasteiger partial charge in [-0.05, 0) is 6.92 Å². The molecule has 1 atom stereocenters. The Bertz CT molecular complexity index is 508. The van der Waals surface area contributed by atoms with E-state index in [9.17, 15) is 14.4 Å². The molecule has 7 nitrogen and oxygen atoms in total. The fourth-order valence-electron chi connectivity index (χ4n) is 3.72. The molecule has 136 valence electrons. The molecular formula is C17H29N3O4. The van der Waals surface area contributed by atoms with Crippen molar-refractivity contribution < 1.29 is 19.1 Å². The summed E-state index contributed by atoms with van der Waals surface area (Å²) in [5, 5.41) is 0. The number of likely N-dealkylation sites (tertiary alicyclic amines) is 1. The number of hydrogen-bond acceptors (Lipinski definition) is 4. The third-order valence-corrected chi connectivity index (χ3v) is 4.91. The van der Waals surface area contributed by atoms with Crippen LogP contribution in [0.1, 0.15) is 27.2 Å². The number of nitrogens with zero attached hydrogens (tertiary/aromatic N) is 3. The maximum Gasteiger partial charge on any atom is 0.248 e. The van der Waals surface area contributed by atoms with E-state index in [2.05, 4.69) is 0 Å². The molecule has 2 saturated heterocycles. The highest BCUT2D eigenvalue weighted by atomic mass is 16.5. The van der Waals surface area contributed by atoms with Crippen molar-refractivity contribution in [3.8, 4) is 0 Å². The van der Waals surface area contributed by atoms with E-state index in [1.54, 1.807) is 4.90 Å². The first-order valence-corrected chi connectivity index (χ1v) is 8.65. The first-order valence-electron chi connectivity index (χ1n) is 8.65. The molecule has 0 saturated carbocycles. The van der Waals surface area contributed by atoms with E-state index in [0.29, 0.717) is 45.7 Å². The van der Waals surface area contributed by atoms with Gasteiger partial charge in [-0.2, -0.15) is 0 Å². The summed E-state index contributed by atoms with van der Waals surface area (Å²) in [5.41, 5.74) is -0.377. The molecule has 0 aliphatic carbocycles. The molecule has 2 aliphatic heterocycles. The highest BCUT2D eigenvalue weighted by Gasteiger charge is 2.47. The molecule has 0 bridgehead atoms. The van der Waals surface area contributed by atoms with Crippen molar-refractivity contribution in [3.63, 3.8) is 0 Å². The van der Waals surface area contributed by atoms with Crippen LogP contribution in [0.25, 0.3) is 0 Å². The van der Waals surface area contributed by atoms with E-state index in [4.69, 9.17) is 4.74 Å². The van der Waals surface area contributed by atoms with Gasteiger partial charge in [0.1, 0.15) is 6.61 Å². The lowest BCUT2D eigenvalue weighted by Gasteiger charge is -2.34. The summed E-state index contributed by atoms with van der Waals surface area (Å²) in [7, 11) is 1.50. The second-order valence-corrected chi connectivity index (χ2v) is 7.25. The molecule has 0 radical (unpaired) electrons. The molecule has 0 unspecified atom stereocenters. The average molecular weight is 339 g/mol. The van der Waals surface area contributed by atoms with Crippen LogP contribution in [0.3, 0.4) is 0 Å². The summed E-state index contributed by atoms with van der Waals surface area (Å²) in [5.74, 6) is 0.00840. The standard InChI is InChI=1S/C17H29N3O4/c1-5-18-10-17(8-14(18)21)11-19(15(22)9-24-4)6-7-20(12-17)16(23)13(2)3/h13H,5-12H2,1-4H3/t17-/m1/s1. The molecule has 0 aromatic rings. The summed E-state index contributed by atoms with van der Waals surface area (Å²) in [6.07, 6.45) is 0.388. The second-order valence-electron chi connectivity index (χ2n) is 7.25. The molecule has 2 fully saturated rings. The third-order valence-electron chi connectivity index (χ3n) is 4.91. The van der Waals surface area contributed by atoms with Gasteiger partial charge in [0, 0.05) is 64.1 Å². The van der Waals surface area contributed by atoms with Gasteiger partial charge in [0.15, 0.2) is 0 Å². The van der Waals surface area contributed by atoms with Crippen LogP contribution in [0.15, 0.2) is 0 Å². The topological polar surface area (TPSA) is 70.2 Å². The highest BCUT2D eigenvalue weighted by Crippen LogP contribution is 2.35. The van der Waals surface area contributed by atoms with Gasteiger partial charge in [0.25, 0.3) is 0 Å². The van der Waals surface area contributed by atoms with Crippen LogP contribution in [-0.2, 0) is 19.1 Å². The van der Waals surface area contributed by atoms with E-state index in [1.165, 1.54) is 7.11 Å². The molecule has 0 aromatic carbocycles. The van der Waals surface area contributed by atoms with Gasteiger partial charge in [0.2, 0.25) is 17.7 Å². The predicted molar refractivity (Wildman–Crippen MR) is 89.2 cm³/mol. The Morgan fingerprint density at radius 2 is 1.79 bits per heavy atom. The number of methoxy groups -OCH3 is 1. The van der Waals surface area contributed by atoms with Crippen molar-refractivity contribution in [2.75, 3.05) is 53.0 Å². The van der Waals surface area contributed by atoms with E-state index < -0.39 is 0 Å². The first kappa shape index (κ1) is 18.7. The Balaban J connectivity index is 2.26. The Morgan fingerprint density at radius 1 is 1.17 bits per heavy atom. The normalized spacial score (nSPS) is 24.9. The molecule has 2 rings (SSSR count). The van der Waals surface area contributed by atoms with Gasteiger partial charge in [-0.3, -0.25) is 14.4 Å². The number of carbonyl (C=O) groups excluding carboxylic acids is 3. The zero-order valence-electron chi connectivity index (χ0n) is 15.2. The smallest absolute Gasteiger partial charge is 0.248 e. The lowest BCUT2D eigenvalue weighted by atomic mass is 9.85. The van der Waals surface area contributed by atoms with Gasteiger partial charge >= 0.3 is 0 Å². The van der Waals surface area contributed by atoms with E-state index in [-0.39, 0.29) is 35.7 Å². The van der Waals surface area contributed by atoms with Gasteiger partial charge in [-0.15, -0.1) is 0 Å². The Hall–Kier alpha value is -1.63. The second kappa shape index (κ2) is 7.51. The van der Waals surface area contributed by atoms with Crippen LogP contribution in [0.2, 0.25) is 0 Å². The first-order chi connectivity index (χ1) is 11.3. The van der Waals surface area contributed by atoms with Crippen molar-refractivity contribution in [1.82, 2.24) is 14.7 Å². The Kier molecular flexibility index (Phi) is 5.85. The fraction of sp³-hybridized carbons (Fsp3) is 0.824.